The highest BCUT2D eigenvalue weighted by molar-refractivity contribution is 5.81. The predicted octanol–water partition coefficient (Wildman–Crippen LogP) is 0.707. The maximum Gasteiger partial charge on any atom is 0.328 e. The second-order valence-electron chi connectivity index (χ2n) is 3.68. The van der Waals surface area contributed by atoms with Crippen LogP contribution in [-0.4, -0.2) is 38.9 Å². The van der Waals surface area contributed by atoms with Crippen molar-refractivity contribution in [1.29, 1.82) is 0 Å². The molecule has 1 rings (SSSR count). The van der Waals surface area contributed by atoms with E-state index in [1.165, 1.54) is 7.11 Å². The summed E-state index contributed by atoms with van der Waals surface area (Å²) in [6.07, 6.45) is 3.77. The molecule has 1 N–H and O–H groups in total. The largest absolute Gasteiger partial charge is 0.468 e. The van der Waals surface area contributed by atoms with Gasteiger partial charge in [0.05, 0.1) is 13.2 Å². The van der Waals surface area contributed by atoms with Crippen LogP contribution in [0.2, 0.25) is 0 Å². The van der Waals surface area contributed by atoms with Crippen LogP contribution in [-0.2, 0) is 14.3 Å². The first-order chi connectivity index (χ1) is 6.71. The van der Waals surface area contributed by atoms with Crippen molar-refractivity contribution in [3.63, 3.8) is 0 Å². The molecule has 2 unspecified atom stereocenters. The van der Waals surface area contributed by atoms with Crippen LogP contribution >= 0.6 is 0 Å². The third kappa shape index (κ3) is 1.77. The van der Waals surface area contributed by atoms with E-state index in [4.69, 9.17) is 9.47 Å². The predicted molar refractivity (Wildman–Crippen MR) is 53.1 cm³/mol. The van der Waals surface area contributed by atoms with Crippen molar-refractivity contribution in [2.75, 3.05) is 21.3 Å². The molecule has 0 aromatic heterocycles. The van der Waals surface area contributed by atoms with Gasteiger partial charge in [-0.1, -0.05) is 12.8 Å². The highest BCUT2D eigenvalue weighted by Crippen LogP contribution is 2.31. The average Bonchev–Trinajstić information content (AvgIpc) is 2.27. The van der Waals surface area contributed by atoms with Gasteiger partial charge in [-0.05, 0) is 19.9 Å². The van der Waals surface area contributed by atoms with E-state index in [-0.39, 0.29) is 12.1 Å². The van der Waals surface area contributed by atoms with Gasteiger partial charge in [0, 0.05) is 7.11 Å². The lowest BCUT2D eigenvalue weighted by Gasteiger charge is -2.40. The minimum absolute atomic E-state index is 0.0753. The fourth-order valence-electron chi connectivity index (χ4n) is 2.26. The van der Waals surface area contributed by atoms with Gasteiger partial charge in [0.1, 0.15) is 5.54 Å². The maximum atomic E-state index is 11.7. The summed E-state index contributed by atoms with van der Waals surface area (Å²) in [7, 11) is 4.85. The second-order valence-corrected chi connectivity index (χ2v) is 3.68. The first-order valence-electron chi connectivity index (χ1n) is 5.01. The summed E-state index contributed by atoms with van der Waals surface area (Å²) < 4.78 is 10.2. The van der Waals surface area contributed by atoms with E-state index in [2.05, 4.69) is 5.32 Å². The Labute approximate surface area is 85.0 Å². The van der Waals surface area contributed by atoms with Crippen molar-refractivity contribution in [2.45, 2.75) is 37.3 Å². The number of methoxy groups -OCH3 is 2. The maximum absolute atomic E-state index is 11.7. The third-order valence-electron chi connectivity index (χ3n) is 3.12. The van der Waals surface area contributed by atoms with Gasteiger partial charge < -0.3 is 14.8 Å². The quantitative estimate of drug-likeness (QED) is 0.683. The Kier molecular flexibility index (Phi) is 3.89. The Morgan fingerprint density at radius 3 is 2.64 bits per heavy atom. The number of carbonyl (C=O) groups is 1. The molecular weight excluding hydrogens is 182 g/mol. The van der Waals surface area contributed by atoms with Gasteiger partial charge in [0.15, 0.2) is 0 Å². The fourth-order valence-corrected chi connectivity index (χ4v) is 2.26. The number of carbonyl (C=O) groups excluding carboxylic acids is 1. The molecule has 0 amide bonds. The number of rotatable bonds is 3. The lowest BCUT2D eigenvalue weighted by Crippen LogP contribution is -2.61. The SMILES string of the molecule is CNC1(C(=O)OC)CCCCC1OC. The molecule has 0 aromatic rings. The van der Waals surface area contributed by atoms with Crippen LogP contribution in [0.1, 0.15) is 25.7 Å². The number of hydrogen-bond acceptors (Lipinski definition) is 4. The van der Waals surface area contributed by atoms with Crippen molar-refractivity contribution >= 4 is 5.97 Å². The van der Waals surface area contributed by atoms with Crippen LogP contribution in [0, 0.1) is 0 Å². The monoisotopic (exact) mass is 201 g/mol. The summed E-state index contributed by atoms with van der Waals surface area (Å²) in [5.74, 6) is -0.216. The molecule has 14 heavy (non-hydrogen) atoms. The highest BCUT2D eigenvalue weighted by Gasteiger charge is 2.47. The lowest BCUT2D eigenvalue weighted by atomic mass is 9.79. The van der Waals surface area contributed by atoms with E-state index in [1.54, 1.807) is 14.2 Å². The molecule has 0 aromatic carbocycles. The molecule has 1 aliphatic rings. The Morgan fingerprint density at radius 2 is 2.14 bits per heavy atom. The van der Waals surface area contributed by atoms with Crippen LogP contribution in [0.5, 0.6) is 0 Å². The minimum Gasteiger partial charge on any atom is -0.468 e. The summed E-state index contributed by atoms with van der Waals surface area (Å²) in [6.45, 7) is 0. The van der Waals surface area contributed by atoms with Crippen LogP contribution in [0.25, 0.3) is 0 Å². The molecule has 4 heteroatoms. The van der Waals surface area contributed by atoms with Crippen LogP contribution < -0.4 is 5.32 Å². The third-order valence-corrected chi connectivity index (χ3v) is 3.12. The van der Waals surface area contributed by atoms with Crippen molar-refractivity contribution in [2.24, 2.45) is 0 Å². The molecule has 0 spiro atoms. The summed E-state index contributed by atoms with van der Waals surface area (Å²) >= 11 is 0. The number of hydrogen-bond donors (Lipinski definition) is 1. The van der Waals surface area contributed by atoms with Gasteiger partial charge in [0.25, 0.3) is 0 Å². The van der Waals surface area contributed by atoms with Crippen molar-refractivity contribution in [3.05, 3.63) is 0 Å². The van der Waals surface area contributed by atoms with Crippen molar-refractivity contribution < 1.29 is 14.3 Å². The molecule has 1 aliphatic carbocycles. The zero-order chi connectivity index (χ0) is 10.6. The lowest BCUT2D eigenvalue weighted by molar-refractivity contribution is -0.157. The van der Waals surface area contributed by atoms with E-state index >= 15 is 0 Å². The second kappa shape index (κ2) is 4.75. The molecule has 0 saturated heterocycles. The van der Waals surface area contributed by atoms with E-state index in [0.29, 0.717) is 0 Å². The van der Waals surface area contributed by atoms with Gasteiger partial charge in [0.2, 0.25) is 0 Å². The molecule has 0 heterocycles. The Balaban J connectivity index is 2.86. The molecule has 2 atom stereocenters. The van der Waals surface area contributed by atoms with Gasteiger partial charge in [-0.25, -0.2) is 4.79 Å². The molecular formula is C10H19NO3. The summed E-state index contributed by atoms with van der Waals surface area (Å²) in [5.41, 5.74) is -0.637. The smallest absolute Gasteiger partial charge is 0.328 e. The molecule has 82 valence electrons. The molecule has 0 bridgehead atoms. The van der Waals surface area contributed by atoms with Crippen LogP contribution in [0.15, 0.2) is 0 Å². The Bertz CT molecular complexity index is 208. The summed E-state index contributed by atoms with van der Waals surface area (Å²) in [6, 6.07) is 0. The first kappa shape index (κ1) is 11.5. The Hall–Kier alpha value is -0.610. The van der Waals surface area contributed by atoms with Crippen LogP contribution in [0.3, 0.4) is 0 Å². The topological polar surface area (TPSA) is 47.6 Å². The fraction of sp³-hybridized carbons (Fsp3) is 0.900. The Morgan fingerprint density at radius 1 is 1.43 bits per heavy atom. The van der Waals surface area contributed by atoms with E-state index in [0.717, 1.165) is 25.7 Å². The van der Waals surface area contributed by atoms with E-state index in [9.17, 15) is 4.79 Å². The molecule has 1 fully saturated rings. The standard InChI is InChI=1S/C10H19NO3/c1-11-10(9(12)14-3)7-5-4-6-8(10)13-2/h8,11H,4-7H2,1-3H3. The number of ether oxygens (including phenoxy) is 2. The van der Waals surface area contributed by atoms with E-state index < -0.39 is 5.54 Å². The average molecular weight is 201 g/mol. The number of esters is 1. The first-order valence-corrected chi connectivity index (χ1v) is 5.01. The van der Waals surface area contributed by atoms with Crippen molar-refractivity contribution in [1.82, 2.24) is 5.32 Å². The molecule has 0 radical (unpaired) electrons. The van der Waals surface area contributed by atoms with Gasteiger partial charge >= 0.3 is 5.97 Å². The normalized spacial score (nSPS) is 32.6. The van der Waals surface area contributed by atoms with E-state index in [1.807, 2.05) is 0 Å². The number of nitrogens with one attached hydrogen (secondary N) is 1. The van der Waals surface area contributed by atoms with Crippen molar-refractivity contribution in [3.8, 4) is 0 Å². The molecule has 0 aliphatic heterocycles. The van der Waals surface area contributed by atoms with Crippen LogP contribution in [0.4, 0.5) is 0 Å². The minimum atomic E-state index is -0.637. The summed E-state index contributed by atoms with van der Waals surface area (Å²) in [4.78, 5) is 11.7. The van der Waals surface area contributed by atoms with Gasteiger partial charge in [-0.15, -0.1) is 0 Å². The van der Waals surface area contributed by atoms with Gasteiger partial charge in [-0.3, -0.25) is 0 Å². The molecule has 4 nitrogen and oxygen atoms in total. The zero-order valence-corrected chi connectivity index (χ0v) is 9.13. The molecule has 1 saturated carbocycles. The zero-order valence-electron chi connectivity index (χ0n) is 9.13. The number of likely N-dealkylation sites (N-methyl/N-ethyl adjacent to an activating group) is 1. The summed E-state index contributed by atoms with van der Waals surface area (Å²) in [5, 5.41) is 3.07. The highest BCUT2D eigenvalue weighted by atomic mass is 16.5. The van der Waals surface area contributed by atoms with Gasteiger partial charge in [-0.2, -0.15) is 0 Å².